The molecule has 0 unspecified atom stereocenters. The fraction of sp³-hybridized carbons (Fsp3) is 0.667. The SMILES string of the molecule is O=C(O)[C@@H](O)[C@@H](O)[C@H](O)[C@H]1OC1=O. The van der Waals surface area contributed by atoms with Gasteiger partial charge in [0.1, 0.15) is 12.2 Å². The summed E-state index contributed by atoms with van der Waals surface area (Å²) in [7, 11) is 0. The zero-order chi connectivity index (χ0) is 10.2. The summed E-state index contributed by atoms with van der Waals surface area (Å²) in [6.45, 7) is 0. The van der Waals surface area contributed by atoms with Crippen molar-refractivity contribution >= 4 is 11.9 Å². The molecule has 1 saturated heterocycles. The zero-order valence-electron chi connectivity index (χ0n) is 6.32. The second kappa shape index (κ2) is 3.29. The first-order valence-electron chi connectivity index (χ1n) is 3.42. The van der Waals surface area contributed by atoms with Crippen molar-refractivity contribution in [2.75, 3.05) is 0 Å². The number of aliphatic hydroxyl groups is 3. The number of ether oxygens (including phenoxy) is 1. The van der Waals surface area contributed by atoms with Gasteiger partial charge in [-0.1, -0.05) is 0 Å². The van der Waals surface area contributed by atoms with Crippen molar-refractivity contribution in [2.24, 2.45) is 0 Å². The number of rotatable bonds is 4. The third-order valence-electron chi connectivity index (χ3n) is 1.65. The Labute approximate surface area is 72.2 Å². The summed E-state index contributed by atoms with van der Waals surface area (Å²) < 4.78 is 4.18. The normalized spacial score (nSPS) is 27.3. The van der Waals surface area contributed by atoms with Crippen molar-refractivity contribution in [3.63, 3.8) is 0 Å². The van der Waals surface area contributed by atoms with Gasteiger partial charge in [0.25, 0.3) is 0 Å². The van der Waals surface area contributed by atoms with Crippen LogP contribution in [-0.4, -0.2) is 56.8 Å². The molecule has 13 heavy (non-hydrogen) atoms. The topological polar surface area (TPSA) is 128 Å². The Hall–Kier alpha value is -1.18. The Morgan fingerprint density at radius 2 is 1.85 bits per heavy atom. The van der Waals surface area contributed by atoms with Crippen LogP contribution in [0.15, 0.2) is 0 Å². The molecule has 4 N–H and O–H groups in total. The minimum atomic E-state index is -2.13. The second-order valence-corrected chi connectivity index (χ2v) is 2.62. The van der Waals surface area contributed by atoms with Gasteiger partial charge in [0.15, 0.2) is 6.10 Å². The van der Waals surface area contributed by atoms with Crippen LogP contribution in [-0.2, 0) is 14.3 Å². The lowest BCUT2D eigenvalue weighted by Gasteiger charge is -2.16. The van der Waals surface area contributed by atoms with Gasteiger partial charge in [-0.05, 0) is 0 Å². The summed E-state index contributed by atoms with van der Waals surface area (Å²) in [5.41, 5.74) is 0. The molecule has 0 aromatic rings. The Kier molecular flexibility index (Phi) is 2.50. The molecular weight excluding hydrogens is 184 g/mol. The van der Waals surface area contributed by atoms with E-state index in [1.54, 1.807) is 0 Å². The summed E-state index contributed by atoms with van der Waals surface area (Å²) >= 11 is 0. The predicted octanol–water partition coefficient (Wildman–Crippen LogP) is -2.92. The van der Waals surface area contributed by atoms with Gasteiger partial charge >= 0.3 is 11.9 Å². The van der Waals surface area contributed by atoms with Gasteiger partial charge in [0.2, 0.25) is 6.10 Å². The summed E-state index contributed by atoms with van der Waals surface area (Å²) in [6, 6.07) is 0. The van der Waals surface area contributed by atoms with E-state index in [0.717, 1.165) is 0 Å². The fourth-order valence-electron chi connectivity index (χ4n) is 0.812. The highest BCUT2D eigenvalue weighted by atomic mass is 16.7. The van der Waals surface area contributed by atoms with Gasteiger partial charge in [0.05, 0.1) is 0 Å². The van der Waals surface area contributed by atoms with E-state index in [-0.39, 0.29) is 0 Å². The van der Waals surface area contributed by atoms with Gasteiger partial charge in [-0.3, -0.25) is 0 Å². The van der Waals surface area contributed by atoms with Gasteiger partial charge in [-0.15, -0.1) is 0 Å². The largest absolute Gasteiger partial charge is 0.479 e. The molecule has 1 aliphatic rings. The van der Waals surface area contributed by atoms with E-state index in [1.807, 2.05) is 0 Å². The van der Waals surface area contributed by atoms with Crippen LogP contribution in [0.5, 0.6) is 0 Å². The van der Waals surface area contributed by atoms with Crippen LogP contribution >= 0.6 is 0 Å². The lowest BCUT2D eigenvalue weighted by atomic mass is 10.1. The third-order valence-corrected chi connectivity index (χ3v) is 1.65. The molecule has 0 aromatic heterocycles. The molecule has 0 bridgehead atoms. The van der Waals surface area contributed by atoms with E-state index in [1.165, 1.54) is 0 Å². The molecule has 0 aromatic carbocycles. The number of carboxylic acid groups (broad SMARTS) is 1. The molecule has 0 amide bonds. The Morgan fingerprint density at radius 3 is 2.15 bits per heavy atom. The lowest BCUT2D eigenvalue weighted by molar-refractivity contribution is -0.158. The number of hydrogen-bond donors (Lipinski definition) is 4. The average molecular weight is 192 g/mol. The summed E-state index contributed by atoms with van der Waals surface area (Å²) in [4.78, 5) is 20.4. The van der Waals surface area contributed by atoms with E-state index < -0.39 is 36.4 Å². The van der Waals surface area contributed by atoms with Gasteiger partial charge < -0.3 is 25.2 Å². The van der Waals surface area contributed by atoms with E-state index in [9.17, 15) is 9.59 Å². The molecule has 4 atom stereocenters. The summed E-state index contributed by atoms with van der Waals surface area (Å²) in [6.07, 6.45) is -7.00. The number of epoxide rings is 1. The number of cyclic esters (lactones) is 1. The second-order valence-electron chi connectivity index (χ2n) is 2.62. The van der Waals surface area contributed by atoms with Crippen LogP contribution < -0.4 is 0 Å². The number of carbonyl (C=O) groups is 2. The highest BCUT2D eigenvalue weighted by Gasteiger charge is 2.50. The molecule has 7 nitrogen and oxygen atoms in total. The average Bonchev–Trinajstić information content (AvgIpc) is 2.78. The number of aliphatic carboxylic acids is 1. The molecule has 7 heteroatoms. The van der Waals surface area contributed by atoms with Crippen molar-refractivity contribution in [1.29, 1.82) is 0 Å². The van der Waals surface area contributed by atoms with Crippen LogP contribution in [0.4, 0.5) is 0 Å². The number of carbonyl (C=O) groups excluding carboxylic acids is 1. The van der Waals surface area contributed by atoms with E-state index >= 15 is 0 Å². The molecular formula is C6H8O7. The van der Waals surface area contributed by atoms with Crippen molar-refractivity contribution in [1.82, 2.24) is 0 Å². The maximum atomic E-state index is 10.3. The predicted molar refractivity (Wildman–Crippen MR) is 35.5 cm³/mol. The maximum Gasteiger partial charge on any atom is 0.351 e. The van der Waals surface area contributed by atoms with Crippen molar-refractivity contribution < 1.29 is 34.8 Å². The van der Waals surface area contributed by atoms with Crippen LogP contribution in [0.2, 0.25) is 0 Å². The van der Waals surface area contributed by atoms with Gasteiger partial charge in [-0.2, -0.15) is 0 Å². The summed E-state index contributed by atoms with van der Waals surface area (Å²) in [5, 5.41) is 35.0. The highest BCUT2D eigenvalue weighted by Crippen LogP contribution is 2.20. The van der Waals surface area contributed by atoms with E-state index in [4.69, 9.17) is 20.4 Å². The third kappa shape index (κ3) is 1.94. The highest BCUT2D eigenvalue weighted by molar-refractivity contribution is 5.88. The van der Waals surface area contributed by atoms with Crippen molar-refractivity contribution in [3.05, 3.63) is 0 Å². The fourth-order valence-corrected chi connectivity index (χ4v) is 0.812. The van der Waals surface area contributed by atoms with Crippen LogP contribution in [0.3, 0.4) is 0 Å². The quantitative estimate of drug-likeness (QED) is 0.351. The zero-order valence-corrected chi connectivity index (χ0v) is 6.32. The first kappa shape index (κ1) is 9.90. The molecule has 1 fully saturated rings. The molecule has 1 heterocycles. The minimum absolute atomic E-state index is 0.732. The van der Waals surface area contributed by atoms with Crippen molar-refractivity contribution in [2.45, 2.75) is 24.4 Å². The molecule has 1 aliphatic heterocycles. The lowest BCUT2D eigenvalue weighted by Crippen LogP contribution is -2.44. The smallest absolute Gasteiger partial charge is 0.351 e. The molecule has 0 radical (unpaired) electrons. The number of aliphatic hydroxyl groups excluding tert-OH is 3. The molecule has 0 saturated carbocycles. The van der Waals surface area contributed by atoms with Crippen molar-refractivity contribution in [3.8, 4) is 0 Å². The van der Waals surface area contributed by atoms with E-state index in [0.29, 0.717) is 0 Å². The Bertz CT molecular complexity index is 237. The van der Waals surface area contributed by atoms with Crippen LogP contribution in [0.25, 0.3) is 0 Å². The van der Waals surface area contributed by atoms with E-state index in [2.05, 4.69) is 4.74 Å². The number of carboxylic acids is 1. The van der Waals surface area contributed by atoms with Gasteiger partial charge in [0, 0.05) is 0 Å². The first-order chi connectivity index (χ1) is 5.95. The maximum absolute atomic E-state index is 10.3. The summed E-state index contributed by atoms with van der Waals surface area (Å²) in [5.74, 6) is -2.41. The molecule has 74 valence electrons. The minimum Gasteiger partial charge on any atom is -0.479 e. The standard InChI is InChI=1S/C6H8O7/c7-1(3(9)5(10)11)2(8)4-6(12)13-4/h1-4,7-9H,(H,10,11)/t1-,2-,3-,4+/m0/s1. The number of hydrogen-bond acceptors (Lipinski definition) is 6. The Morgan fingerprint density at radius 1 is 1.38 bits per heavy atom. The molecule has 1 rings (SSSR count). The molecule has 0 spiro atoms. The van der Waals surface area contributed by atoms with Gasteiger partial charge in [-0.25, -0.2) is 9.59 Å². The first-order valence-corrected chi connectivity index (χ1v) is 3.42. The molecule has 0 aliphatic carbocycles. The monoisotopic (exact) mass is 192 g/mol. The van der Waals surface area contributed by atoms with Crippen LogP contribution in [0.1, 0.15) is 0 Å². The Balaban J connectivity index is 2.51. The van der Waals surface area contributed by atoms with Crippen LogP contribution in [0, 0.1) is 0 Å².